The molecule has 2 unspecified atom stereocenters. The van der Waals surface area contributed by atoms with E-state index in [1.165, 1.54) is 16.7 Å². The van der Waals surface area contributed by atoms with Crippen molar-refractivity contribution in [3.63, 3.8) is 0 Å². The van der Waals surface area contributed by atoms with Gasteiger partial charge in [0.05, 0.1) is 23.7 Å². The minimum absolute atomic E-state index is 0.213. The summed E-state index contributed by atoms with van der Waals surface area (Å²) in [7, 11) is 1.55. The summed E-state index contributed by atoms with van der Waals surface area (Å²) in [6.45, 7) is 1.75. The Morgan fingerprint density at radius 1 is 0.976 bits per heavy atom. The Morgan fingerprint density at radius 3 is 2.46 bits per heavy atom. The van der Waals surface area contributed by atoms with E-state index in [1.807, 2.05) is 37.3 Å². The van der Waals surface area contributed by atoms with Gasteiger partial charge in [-0.1, -0.05) is 52.9 Å². The van der Waals surface area contributed by atoms with Gasteiger partial charge in [0.15, 0.2) is 6.61 Å². The summed E-state index contributed by atoms with van der Waals surface area (Å²) in [5.41, 5.74) is 2.93. The summed E-state index contributed by atoms with van der Waals surface area (Å²) >= 11 is 2.26. The second kappa shape index (κ2) is 10.9. The number of aromatic nitrogens is 1. The standard InChI is InChI=1S/C30H25N3O6S2/c1-16-6-8-18(9-7-16)31-22(34)15-39-21-5-3-4-17(14-21)23-24-26(40-27-25(23)41-30(37)32-27)29(36)33(28(24)35)19-10-12-20(38-2)13-11-19/h3-14,23-24,26H,15H2,1-2H3,(H,31,34)(H,32,37)/t23-,24?,26?/m1/s1. The number of imide groups is 1. The van der Waals surface area contributed by atoms with Crippen LogP contribution in [-0.4, -0.2) is 41.7 Å². The molecule has 3 heterocycles. The van der Waals surface area contributed by atoms with E-state index in [-0.39, 0.29) is 29.2 Å². The van der Waals surface area contributed by atoms with E-state index in [0.29, 0.717) is 38.3 Å². The number of aromatic amines is 1. The Kier molecular flexibility index (Phi) is 7.14. The molecule has 2 N–H and O–H groups in total. The van der Waals surface area contributed by atoms with Crippen LogP contribution in [0.1, 0.15) is 21.9 Å². The largest absolute Gasteiger partial charge is 0.497 e. The molecule has 9 nitrogen and oxygen atoms in total. The van der Waals surface area contributed by atoms with Crippen molar-refractivity contribution in [2.45, 2.75) is 23.1 Å². The van der Waals surface area contributed by atoms with Crippen LogP contribution in [0.5, 0.6) is 11.5 Å². The number of rotatable bonds is 7. The lowest BCUT2D eigenvalue weighted by Gasteiger charge is -2.30. The normalized spacial score (nSPS) is 19.5. The maximum absolute atomic E-state index is 13.9. The Morgan fingerprint density at radius 2 is 1.73 bits per heavy atom. The molecule has 0 bridgehead atoms. The van der Waals surface area contributed by atoms with Crippen molar-refractivity contribution in [3.05, 3.63) is 98.5 Å². The first-order valence-electron chi connectivity index (χ1n) is 12.8. The topological polar surface area (TPSA) is 118 Å². The molecular weight excluding hydrogens is 562 g/mol. The van der Waals surface area contributed by atoms with Crippen LogP contribution in [0.25, 0.3) is 0 Å². The Bertz CT molecular complexity index is 1700. The van der Waals surface area contributed by atoms with Crippen LogP contribution < -0.4 is 24.6 Å². The van der Waals surface area contributed by atoms with Gasteiger partial charge in [-0.25, -0.2) is 4.90 Å². The van der Waals surface area contributed by atoms with Crippen molar-refractivity contribution in [1.29, 1.82) is 0 Å². The zero-order valence-electron chi connectivity index (χ0n) is 22.1. The van der Waals surface area contributed by atoms with Crippen molar-refractivity contribution >= 4 is 52.2 Å². The third-order valence-electron chi connectivity index (χ3n) is 7.08. The smallest absolute Gasteiger partial charge is 0.305 e. The lowest BCUT2D eigenvalue weighted by Crippen LogP contribution is -2.32. The summed E-state index contributed by atoms with van der Waals surface area (Å²) in [6.07, 6.45) is 0. The predicted octanol–water partition coefficient (Wildman–Crippen LogP) is 4.57. The lowest BCUT2D eigenvalue weighted by molar-refractivity contribution is -0.122. The van der Waals surface area contributed by atoms with Gasteiger partial charge in [0, 0.05) is 16.5 Å². The zero-order chi connectivity index (χ0) is 28.7. The van der Waals surface area contributed by atoms with Crippen molar-refractivity contribution < 1.29 is 23.9 Å². The number of ether oxygens (including phenoxy) is 2. The number of hydrogen-bond acceptors (Lipinski definition) is 8. The van der Waals surface area contributed by atoms with Gasteiger partial charge < -0.3 is 19.8 Å². The first-order chi connectivity index (χ1) is 19.8. The predicted molar refractivity (Wildman–Crippen MR) is 157 cm³/mol. The van der Waals surface area contributed by atoms with Gasteiger partial charge in [-0.3, -0.25) is 19.2 Å². The number of nitrogens with one attached hydrogen (secondary N) is 2. The van der Waals surface area contributed by atoms with Gasteiger partial charge in [-0.15, -0.1) is 0 Å². The molecule has 2 aliphatic rings. The quantitative estimate of drug-likeness (QED) is 0.304. The van der Waals surface area contributed by atoms with Crippen molar-refractivity contribution in [2.24, 2.45) is 5.92 Å². The summed E-state index contributed by atoms with van der Waals surface area (Å²) < 4.78 is 11.0. The molecule has 0 saturated carbocycles. The second-order valence-corrected chi connectivity index (χ2v) is 11.9. The van der Waals surface area contributed by atoms with E-state index in [9.17, 15) is 19.2 Å². The monoisotopic (exact) mass is 587 g/mol. The Labute approximate surface area is 243 Å². The molecule has 208 valence electrons. The number of methoxy groups -OCH3 is 1. The first kappa shape index (κ1) is 26.9. The van der Waals surface area contributed by atoms with Gasteiger partial charge >= 0.3 is 4.87 Å². The fraction of sp³-hybridized carbons (Fsp3) is 0.200. The fourth-order valence-electron chi connectivity index (χ4n) is 5.14. The van der Waals surface area contributed by atoms with Gasteiger partial charge in [-0.05, 0) is 61.0 Å². The molecule has 11 heteroatoms. The first-order valence-corrected chi connectivity index (χ1v) is 14.5. The maximum Gasteiger partial charge on any atom is 0.305 e. The van der Waals surface area contributed by atoms with E-state index >= 15 is 0 Å². The van der Waals surface area contributed by atoms with Crippen LogP contribution >= 0.6 is 23.1 Å². The van der Waals surface area contributed by atoms with Crippen LogP contribution in [0.15, 0.2) is 82.6 Å². The number of aryl methyl sites for hydroxylation is 1. The molecule has 0 spiro atoms. The second-order valence-electron chi connectivity index (χ2n) is 9.74. The number of thioether (sulfide) groups is 1. The molecular formula is C30H25N3O6S2. The maximum atomic E-state index is 13.9. The molecule has 0 radical (unpaired) electrons. The van der Waals surface area contributed by atoms with Crippen molar-refractivity contribution in [3.8, 4) is 11.5 Å². The number of carbonyl (C=O) groups excluding carboxylic acids is 3. The number of benzene rings is 3. The highest BCUT2D eigenvalue weighted by molar-refractivity contribution is 8.00. The molecule has 3 atom stereocenters. The third kappa shape index (κ3) is 5.14. The van der Waals surface area contributed by atoms with E-state index < -0.39 is 17.1 Å². The van der Waals surface area contributed by atoms with Gasteiger partial charge in [0.25, 0.3) is 5.91 Å². The minimum atomic E-state index is -0.728. The van der Waals surface area contributed by atoms with E-state index in [1.54, 1.807) is 49.6 Å². The fourth-order valence-corrected chi connectivity index (χ4v) is 7.66. The number of thiazole rings is 1. The molecule has 1 aromatic heterocycles. The molecule has 3 amide bonds. The van der Waals surface area contributed by atoms with Gasteiger partial charge in [0.2, 0.25) is 11.8 Å². The van der Waals surface area contributed by atoms with Crippen LogP contribution in [0.4, 0.5) is 11.4 Å². The Balaban J connectivity index is 1.28. The highest BCUT2D eigenvalue weighted by Crippen LogP contribution is 2.53. The minimum Gasteiger partial charge on any atom is -0.497 e. The highest BCUT2D eigenvalue weighted by atomic mass is 32.2. The molecule has 6 rings (SSSR count). The lowest BCUT2D eigenvalue weighted by atomic mass is 9.83. The molecule has 41 heavy (non-hydrogen) atoms. The molecule has 1 saturated heterocycles. The third-order valence-corrected chi connectivity index (χ3v) is 9.48. The molecule has 3 aromatic carbocycles. The molecule has 2 aliphatic heterocycles. The van der Waals surface area contributed by atoms with Gasteiger partial charge in [-0.2, -0.15) is 0 Å². The van der Waals surface area contributed by atoms with Crippen molar-refractivity contribution in [1.82, 2.24) is 4.98 Å². The number of fused-ring (bicyclic) bond motifs is 2. The molecule has 4 aromatic rings. The number of carbonyl (C=O) groups is 3. The van der Waals surface area contributed by atoms with Crippen LogP contribution in [-0.2, 0) is 14.4 Å². The summed E-state index contributed by atoms with van der Waals surface area (Å²) in [5.74, 6) is -1.22. The summed E-state index contributed by atoms with van der Waals surface area (Å²) in [6, 6.07) is 21.3. The molecule has 1 fully saturated rings. The number of nitrogens with zero attached hydrogens (tertiary/aromatic N) is 1. The number of anilines is 2. The summed E-state index contributed by atoms with van der Waals surface area (Å²) in [4.78, 5) is 56.9. The Hall–Kier alpha value is -4.35. The van der Waals surface area contributed by atoms with Crippen LogP contribution in [0.3, 0.4) is 0 Å². The van der Waals surface area contributed by atoms with Gasteiger partial charge in [0.1, 0.15) is 16.7 Å². The van der Waals surface area contributed by atoms with Crippen LogP contribution in [0.2, 0.25) is 0 Å². The average Bonchev–Trinajstić information content (AvgIpc) is 3.47. The molecule has 0 aliphatic carbocycles. The van der Waals surface area contributed by atoms with Crippen LogP contribution in [0, 0.1) is 12.8 Å². The zero-order valence-corrected chi connectivity index (χ0v) is 23.7. The summed E-state index contributed by atoms with van der Waals surface area (Å²) in [5, 5.41) is 2.68. The average molecular weight is 588 g/mol. The number of hydrogen-bond donors (Lipinski definition) is 2. The number of amides is 3. The van der Waals surface area contributed by atoms with E-state index in [2.05, 4.69) is 10.3 Å². The van der Waals surface area contributed by atoms with Crippen molar-refractivity contribution in [2.75, 3.05) is 23.9 Å². The van der Waals surface area contributed by atoms with E-state index in [0.717, 1.165) is 16.9 Å². The highest BCUT2D eigenvalue weighted by Gasteiger charge is 2.56. The number of H-pyrrole nitrogens is 1. The SMILES string of the molecule is COc1ccc(N2C(=O)C3Sc4[nH]c(=O)sc4[C@H](c4cccc(OCC(=O)Nc5ccc(C)cc5)c4)C3C2=O)cc1. The van der Waals surface area contributed by atoms with E-state index in [4.69, 9.17) is 9.47 Å².